The summed E-state index contributed by atoms with van der Waals surface area (Å²) in [6, 6.07) is 1.96. The molecule has 0 aromatic carbocycles. The second-order valence-electron chi connectivity index (χ2n) is 6.03. The van der Waals surface area contributed by atoms with Gasteiger partial charge in [-0.05, 0) is 44.1 Å². The van der Waals surface area contributed by atoms with Gasteiger partial charge in [0.05, 0.1) is 5.56 Å². The van der Waals surface area contributed by atoms with E-state index in [1.807, 2.05) is 30.8 Å². The van der Waals surface area contributed by atoms with Crippen molar-refractivity contribution in [3.8, 4) is 0 Å². The number of aromatic nitrogens is 1. The molecule has 1 saturated carbocycles. The summed E-state index contributed by atoms with van der Waals surface area (Å²) < 4.78 is 2.03. The Kier molecular flexibility index (Phi) is 2.92. The van der Waals surface area contributed by atoms with Gasteiger partial charge in [0.2, 0.25) is 0 Å². The van der Waals surface area contributed by atoms with Gasteiger partial charge >= 0.3 is 0 Å². The van der Waals surface area contributed by atoms with Crippen LogP contribution in [0.2, 0.25) is 0 Å². The van der Waals surface area contributed by atoms with Crippen molar-refractivity contribution in [2.45, 2.75) is 32.6 Å². The maximum atomic E-state index is 12.6. The van der Waals surface area contributed by atoms with Gasteiger partial charge in [0.15, 0.2) is 0 Å². The van der Waals surface area contributed by atoms with E-state index in [1.165, 1.54) is 25.7 Å². The van der Waals surface area contributed by atoms with Crippen molar-refractivity contribution in [3.05, 3.63) is 23.5 Å². The van der Waals surface area contributed by atoms with Crippen molar-refractivity contribution in [2.75, 3.05) is 13.1 Å². The lowest BCUT2D eigenvalue weighted by Gasteiger charge is -2.41. The molecule has 2 fully saturated rings. The normalized spacial score (nSPS) is 27.3. The van der Waals surface area contributed by atoms with E-state index < -0.39 is 0 Å². The summed E-state index contributed by atoms with van der Waals surface area (Å²) in [5, 5.41) is 0. The molecule has 0 N–H and O–H groups in total. The van der Waals surface area contributed by atoms with Crippen LogP contribution in [-0.2, 0) is 7.05 Å². The maximum absolute atomic E-state index is 12.6. The summed E-state index contributed by atoms with van der Waals surface area (Å²) in [5.41, 5.74) is 1.97. The van der Waals surface area contributed by atoms with Crippen LogP contribution in [0.1, 0.15) is 41.7 Å². The summed E-state index contributed by atoms with van der Waals surface area (Å²) >= 11 is 0. The number of amides is 1. The number of aryl methyl sites for hydroxylation is 1. The van der Waals surface area contributed by atoms with E-state index in [4.69, 9.17) is 0 Å². The van der Waals surface area contributed by atoms with Crippen molar-refractivity contribution in [2.24, 2.45) is 18.9 Å². The quantitative estimate of drug-likeness (QED) is 0.747. The van der Waals surface area contributed by atoms with Gasteiger partial charge in [0.25, 0.3) is 5.91 Å². The first-order valence-corrected chi connectivity index (χ1v) is 7.06. The van der Waals surface area contributed by atoms with Crippen LogP contribution >= 0.6 is 0 Å². The van der Waals surface area contributed by atoms with Crippen LogP contribution in [0.5, 0.6) is 0 Å². The summed E-state index contributed by atoms with van der Waals surface area (Å²) in [5.74, 6) is 1.75. The number of hydrogen-bond donors (Lipinski definition) is 0. The molecule has 1 saturated heterocycles. The van der Waals surface area contributed by atoms with E-state index in [-0.39, 0.29) is 5.91 Å². The second kappa shape index (κ2) is 4.45. The van der Waals surface area contributed by atoms with Crippen molar-refractivity contribution in [3.63, 3.8) is 0 Å². The highest BCUT2D eigenvalue weighted by Gasteiger charge is 2.33. The first kappa shape index (κ1) is 11.8. The van der Waals surface area contributed by atoms with Crippen molar-refractivity contribution in [1.29, 1.82) is 0 Å². The average molecular weight is 246 g/mol. The zero-order valence-electron chi connectivity index (χ0n) is 11.4. The Hall–Kier alpha value is -1.25. The van der Waals surface area contributed by atoms with E-state index in [1.54, 1.807) is 0 Å². The Balaban J connectivity index is 1.78. The van der Waals surface area contributed by atoms with Gasteiger partial charge < -0.3 is 9.47 Å². The number of rotatable bonds is 1. The van der Waals surface area contributed by atoms with Crippen LogP contribution in [0.4, 0.5) is 0 Å². The summed E-state index contributed by atoms with van der Waals surface area (Å²) in [4.78, 5) is 14.7. The fourth-order valence-electron chi connectivity index (χ4n) is 3.60. The number of nitrogens with zero attached hydrogens (tertiary/aromatic N) is 2. The van der Waals surface area contributed by atoms with Gasteiger partial charge in [-0.1, -0.05) is 6.42 Å². The van der Waals surface area contributed by atoms with Gasteiger partial charge in [-0.15, -0.1) is 0 Å². The van der Waals surface area contributed by atoms with Crippen molar-refractivity contribution < 1.29 is 4.79 Å². The van der Waals surface area contributed by atoms with Gasteiger partial charge in [0, 0.05) is 32.0 Å². The molecule has 2 atom stereocenters. The molecule has 18 heavy (non-hydrogen) atoms. The van der Waals surface area contributed by atoms with E-state index in [0.717, 1.165) is 36.2 Å². The maximum Gasteiger partial charge on any atom is 0.255 e. The predicted molar refractivity (Wildman–Crippen MR) is 71.5 cm³/mol. The third-order valence-electron chi connectivity index (χ3n) is 4.75. The molecule has 3 nitrogen and oxygen atoms in total. The van der Waals surface area contributed by atoms with Crippen LogP contribution in [0.25, 0.3) is 0 Å². The van der Waals surface area contributed by atoms with Crippen LogP contribution in [0.15, 0.2) is 12.3 Å². The fourth-order valence-corrected chi connectivity index (χ4v) is 3.60. The topological polar surface area (TPSA) is 25.2 Å². The molecule has 2 aliphatic rings. The lowest BCUT2D eigenvalue weighted by Crippen LogP contribution is -2.45. The molecule has 1 amide bonds. The molecule has 1 aliphatic carbocycles. The number of piperidine rings is 1. The van der Waals surface area contributed by atoms with E-state index in [0.29, 0.717) is 0 Å². The summed E-state index contributed by atoms with van der Waals surface area (Å²) in [7, 11) is 2.00. The lowest BCUT2D eigenvalue weighted by atomic mass is 9.78. The molecule has 98 valence electrons. The Morgan fingerprint density at radius 1 is 1.28 bits per heavy atom. The molecule has 1 aromatic heterocycles. The van der Waals surface area contributed by atoms with E-state index in [9.17, 15) is 4.79 Å². The molecule has 3 rings (SSSR count). The molecule has 1 aromatic rings. The highest BCUT2D eigenvalue weighted by atomic mass is 16.2. The van der Waals surface area contributed by atoms with Gasteiger partial charge in [-0.2, -0.15) is 0 Å². The zero-order valence-corrected chi connectivity index (χ0v) is 11.4. The fraction of sp³-hybridized carbons (Fsp3) is 0.667. The Morgan fingerprint density at radius 2 is 1.94 bits per heavy atom. The number of fused-ring (bicyclic) bond motifs is 2. The number of hydrogen-bond acceptors (Lipinski definition) is 1. The van der Waals surface area contributed by atoms with Gasteiger partial charge in [0.1, 0.15) is 0 Å². The second-order valence-corrected chi connectivity index (χ2v) is 6.03. The molecule has 3 heteroatoms. The molecule has 1 aliphatic heterocycles. The first-order valence-electron chi connectivity index (χ1n) is 7.06. The molecular formula is C15H22N2O. The Bertz CT molecular complexity index is 451. The Morgan fingerprint density at radius 3 is 2.50 bits per heavy atom. The number of likely N-dealkylation sites (tertiary alicyclic amines) is 1. The molecule has 2 bridgehead atoms. The summed E-state index contributed by atoms with van der Waals surface area (Å²) in [6.45, 7) is 3.98. The summed E-state index contributed by atoms with van der Waals surface area (Å²) in [6.07, 6.45) is 7.31. The molecule has 0 spiro atoms. The monoisotopic (exact) mass is 246 g/mol. The highest BCUT2D eigenvalue weighted by molar-refractivity contribution is 5.95. The molecular weight excluding hydrogens is 224 g/mol. The highest BCUT2D eigenvalue weighted by Crippen LogP contribution is 2.34. The Labute approximate surface area is 109 Å². The third kappa shape index (κ3) is 1.96. The van der Waals surface area contributed by atoms with Gasteiger partial charge in [-0.3, -0.25) is 4.79 Å². The van der Waals surface area contributed by atoms with Crippen LogP contribution in [0, 0.1) is 18.8 Å². The SMILES string of the molecule is Cc1c(C(=O)N2CC3CCCC(C3)C2)ccn1C. The lowest BCUT2D eigenvalue weighted by molar-refractivity contribution is 0.0503. The van der Waals surface area contributed by atoms with E-state index >= 15 is 0 Å². The molecule has 2 unspecified atom stereocenters. The molecule has 2 heterocycles. The largest absolute Gasteiger partial charge is 0.354 e. The van der Waals surface area contributed by atoms with Crippen molar-refractivity contribution >= 4 is 5.91 Å². The average Bonchev–Trinajstić information content (AvgIpc) is 2.69. The van der Waals surface area contributed by atoms with Crippen LogP contribution in [-0.4, -0.2) is 28.5 Å². The molecule has 0 radical (unpaired) electrons. The standard InChI is InChI=1S/C15H22N2O/c1-11-14(6-7-16(11)2)15(18)17-9-12-4-3-5-13(8-12)10-17/h6-7,12-13H,3-5,8-10H2,1-2H3. The predicted octanol–water partition coefficient (Wildman–Crippen LogP) is 2.60. The third-order valence-corrected chi connectivity index (χ3v) is 4.75. The minimum absolute atomic E-state index is 0.240. The number of carbonyl (C=O) groups is 1. The van der Waals surface area contributed by atoms with Crippen molar-refractivity contribution in [1.82, 2.24) is 9.47 Å². The minimum Gasteiger partial charge on any atom is -0.354 e. The van der Waals surface area contributed by atoms with Crippen LogP contribution < -0.4 is 0 Å². The van der Waals surface area contributed by atoms with E-state index in [2.05, 4.69) is 4.90 Å². The minimum atomic E-state index is 0.240. The number of carbonyl (C=O) groups excluding carboxylic acids is 1. The first-order chi connectivity index (χ1) is 8.65. The van der Waals surface area contributed by atoms with Gasteiger partial charge in [-0.25, -0.2) is 0 Å². The van der Waals surface area contributed by atoms with Crippen LogP contribution in [0.3, 0.4) is 0 Å². The zero-order chi connectivity index (χ0) is 12.7. The smallest absolute Gasteiger partial charge is 0.255 e.